The summed E-state index contributed by atoms with van der Waals surface area (Å²) >= 11 is 3.36. The molecule has 2 rings (SSSR count). The fraction of sp³-hybridized carbons (Fsp3) is 0.571. The van der Waals surface area contributed by atoms with Crippen LogP contribution in [0.3, 0.4) is 0 Å². The number of benzene rings is 1. The Morgan fingerprint density at radius 2 is 2.00 bits per heavy atom. The van der Waals surface area contributed by atoms with Gasteiger partial charge in [-0.15, -0.1) is 0 Å². The van der Waals surface area contributed by atoms with Gasteiger partial charge in [-0.05, 0) is 43.5 Å². The molecule has 1 unspecified atom stereocenters. The van der Waals surface area contributed by atoms with E-state index in [0.29, 0.717) is 6.54 Å². The summed E-state index contributed by atoms with van der Waals surface area (Å²) in [5, 5.41) is 22.4. The summed E-state index contributed by atoms with van der Waals surface area (Å²) in [5.74, 6) is 0.739. The van der Waals surface area contributed by atoms with Gasteiger partial charge in [0.05, 0.1) is 6.61 Å². The highest BCUT2D eigenvalue weighted by Gasteiger charge is 2.35. The number of hydrogen-bond donors (Lipinski definition) is 3. The monoisotopic (exact) mass is 329 g/mol. The lowest BCUT2D eigenvalue weighted by Crippen LogP contribution is -2.56. The third-order valence-electron chi connectivity index (χ3n) is 3.58. The molecule has 0 aromatic heterocycles. The van der Waals surface area contributed by atoms with Gasteiger partial charge >= 0.3 is 0 Å². The highest BCUT2D eigenvalue weighted by molar-refractivity contribution is 9.10. The number of halogens is 1. The Morgan fingerprint density at radius 3 is 2.53 bits per heavy atom. The maximum atomic E-state index is 9.87. The van der Waals surface area contributed by atoms with Crippen LogP contribution >= 0.6 is 15.9 Å². The van der Waals surface area contributed by atoms with Crippen LogP contribution in [-0.4, -0.2) is 41.6 Å². The molecule has 4 nitrogen and oxygen atoms in total. The molecule has 0 saturated heterocycles. The second kappa shape index (κ2) is 6.70. The van der Waals surface area contributed by atoms with Crippen LogP contribution in [0, 0.1) is 0 Å². The number of aliphatic hydroxyl groups excluding tert-OH is 2. The zero-order valence-corrected chi connectivity index (χ0v) is 12.4. The summed E-state index contributed by atoms with van der Waals surface area (Å²) in [6, 6.07) is 7.50. The normalized spacial score (nSPS) is 18.7. The maximum absolute atomic E-state index is 9.87. The number of ether oxygens (including phenoxy) is 1. The predicted octanol–water partition coefficient (Wildman–Crippen LogP) is 1.69. The van der Waals surface area contributed by atoms with Crippen LogP contribution in [0.4, 0.5) is 0 Å². The van der Waals surface area contributed by atoms with Crippen molar-refractivity contribution in [3.8, 4) is 5.75 Å². The summed E-state index contributed by atoms with van der Waals surface area (Å²) < 4.78 is 6.50. The van der Waals surface area contributed by atoms with E-state index < -0.39 is 6.10 Å². The molecule has 1 atom stereocenters. The van der Waals surface area contributed by atoms with Crippen LogP contribution in [0.1, 0.15) is 19.3 Å². The first kappa shape index (κ1) is 14.8. The van der Waals surface area contributed by atoms with Crippen molar-refractivity contribution in [3.63, 3.8) is 0 Å². The van der Waals surface area contributed by atoms with Gasteiger partial charge in [-0.3, -0.25) is 0 Å². The van der Waals surface area contributed by atoms with Crippen molar-refractivity contribution in [2.45, 2.75) is 30.9 Å². The van der Waals surface area contributed by atoms with Crippen molar-refractivity contribution in [2.24, 2.45) is 0 Å². The van der Waals surface area contributed by atoms with Gasteiger partial charge in [0.25, 0.3) is 0 Å². The minimum absolute atomic E-state index is 0.132. The zero-order valence-electron chi connectivity index (χ0n) is 10.8. The largest absolute Gasteiger partial charge is 0.491 e. The van der Waals surface area contributed by atoms with E-state index in [1.54, 1.807) is 0 Å². The van der Waals surface area contributed by atoms with E-state index in [4.69, 9.17) is 4.74 Å². The van der Waals surface area contributed by atoms with Gasteiger partial charge in [0.15, 0.2) is 0 Å². The van der Waals surface area contributed by atoms with Crippen LogP contribution in [0.5, 0.6) is 5.75 Å². The molecule has 0 amide bonds. The standard InChI is InChI=1S/C14H20BrNO3/c15-11-2-4-13(5-3-11)19-9-12(18)8-16-14(10-17)6-1-7-14/h2-5,12,16-18H,1,6-10H2. The average molecular weight is 330 g/mol. The lowest BCUT2D eigenvalue weighted by atomic mass is 9.77. The van der Waals surface area contributed by atoms with Gasteiger partial charge in [-0.25, -0.2) is 0 Å². The molecule has 1 aromatic rings. The van der Waals surface area contributed by atoms with E-state index in [1.165, 1.54) is 0 Å². The van der Waals surface area contributed by atoms with Crippen LogP contribution in [0.15, 0.2) is 28.7 Å². The molecule has 0 spiro atoms. The molecule has 0 bridgehead atoms. The molecule has 0 heterocycles. The Labute approximate surface area is 121 Å². The lowest BCUT2D eigenvalue weighted by Gasteiger charge is -2.41. The van der Waals surface area contributed by atoms with Gasteiger partial charge in [0, 0.05) is 16.6 Å². The number of hydrogen-bond acceptors (Lipinski definition) is 4. The van der Waals surface area contributed by atoms with Gasteiger partial charge in [-0.2, -0.15) is 0 Å². The van der Waals surface area contributed by atoms with Crippen LogP contribution in [0.2, 0.25) is 0 Å². The molecule has 0 radical (unpaired) electrons. The first-order valence-electron chi connectivity index (χ1n) is 6.56. The fourth-order valence-corrected chi connectivity index (χ4v) is 2.38. The molecule has 0 aliphatic heterocycles. The molecule has 1 aliphatic rings. The molecule has 106 valence electrons. The third-order valence-corrected chi connectivity index (χ3v) is 4.11. The predicted molar refractivity (Wildman–Crippen MR) is 77.3 cm³/mol. The fourth-order valence-electron chi connectivity index (χ4n) is 2.11. The second-order valence-corrected chi connectivity index (χ2v) is 6.01. The molecule has 3 N–H and O–H groups in total. The van der Waals surface area contributed by atoms with Crippen molar-refractivity contribution in [2.75, 3.05) is 19.8 Å². The molecule has 1 aromatic carbocycles. The quantitative estimate of drug-likeness (QED) is 0.712. The zero-order chi connectivity index (χ0) is 13.7. The number of β-amino-alcohol motifs (C(OH)–C–C–N with tert-alkyl or cyclic N) is 1. The first-order valence-corrected chi connectivity index (χ1v) is 7.35. The van der Waals surface area contributed by atoms with Gasteiger partial charge in [0.2, 0.25) is 0 Å². The number of rotatable bonds is 7. The summed E-state index contributed by atoms with van der Waals surface area (Å²) in [5.41, 5.74) is -0.168. The average Bonchev–Trinajstić information content (AvgIpc) is 2.37. The van der Waals surface area contributed by atoms with Crippen molar-refractivity contribution in [3.05, 3.63) is 28.7 Å². The lowest BCUT2D eigenvalue weighted by molar-refractivity contribution is 0.0540. The maximum Gasteiger partial charge on any atom is 0.119 e. The van der Waals surface area contributed by atoms with Crippen molar-refractivity contribution in [1.29, 1.82) is 0 Å². The van der Waals surface area contributed by atoms with Crippen LogP contribution in [0.25, 0.3) is 0 Å². The van der Waals surface area contributed by atoms with E-state index in [9.17, 15) is 10.2 Å². The van der Waals surface area contributed by atoms with E-state index in [2.05, 4.69) is 21.2 Å². The topological polar surface area (TPSA) is 61.7 Å². The first-order chi connectivity index (χ1) is 9.13. The Balaban J connectivity index is 1.69. The Hall–Kier alpha value is -0.620. The summed E-state index contributed by atoms with van der Waals surface area (Å²) in [6.45, 7) is 0.820. The minimum Gasteiger partial charge on any atom is -0.491 e. The van der Waals surface area contributed by atoms with E-state index in [-0.39, 0.29) is 18.8 Å². The van der Waals surface area contributed by atoms with E-state index >= 15 is 0 Å². The number of nitrogens with one attached hydrogen (secondary N) is 1. The molecule has 1 saturated carbocycles. The van der Waals surface area contributed by atoms with Crippen LogP contribution in [-0.2, 0) is 0 Å². The molecule has 19 heavy (non-hydrogen) atoms. The minimum atomic E-state index is -0.576. The third kappa shape index (κ3) is 4.18. The van der Waals surface area contributed by atoms with Crippen LogP contribution < -0.4 is 10.1 Å². The highest BCUT2D eigenvalue weighted by Crippen LogP contribution is 2.30. The molecular weight excluding hydrogens is 310 g/mol. The second-order valence-electron chi connectivity index (χ2n) is 5.09. The molecular formula is C14H20BrNO3. The summed E-state index contributed by atoms with van der Waals surface area (Å²) in [4.78, 5) is 0. The number of aliphatic hydroxyl groups is 2. The SMILES string of the molecule is OCC1(NCC(O)COc2ccc(Br)cc2)CCC1. The smallest absolute Gasteiger partial charge is 0.119 e. The Morgan fingerprint density at radius 1 is 1.32 bits per heavy atom. The van der Waals surface area contributed by atoms with E-state index in [1.807, 2.05) is 24.3 Å². The van der Waals surface area contributed by atoms with Gasteiger partial charge in [0.1, 0.15) is 18.5 Å². The van der Waals surface area contributed by atoms with Crippen molar-refractivity contribution < 1.29 is 14.9 Å². The summed E-state index contributed by atoms with van der Waals surface area (Å²) in [7, 11) is 0. The Kier molecular flexibility index (Phi) is 5.21. The van der Waals surface area contributed by atoms with Crippen molar-refractivity contribution >= 4 is 15.9 Å². The van der Waals surface area contributed by atoms with Gasteiger partial charge < -0.3 is 20.3 Å². The van der Waals surface area contributed by atoms with E-state index in [0.717, 1.165) is 29.5 Å². The molecule has 5 heteroatoms. The van der Waals surface area contributed by atoms with Gasteiger partial charge in [-0.1, -0.05) is 15.9 Å². The van der Waals surface area contributed by atoms with Crippen molar-refractivity contribution in [1.82, 2.24) is 5.32 Å². The Bertz CT molecular complexity index is 387. The molecule has 1 fully saturated rings. The summed E-state index contributed by atoms with van der Waals surface area (Å²) in [6.07, 6.45) is 2.51. The molecule has 1 aliphatic carbocycles. The highest BCUT2D eigenvalue weighted by atomic mass is 79.9.